The molecule has 0 fully saturated rings. The molecule has 0 radical (unpaired) electrons. The van der Waals surface area contributed by atoms with E-state index in [1.165, 1.54) is 23.7 Å². The number of amides is 1. The van der Waals surface area contributed by atoms with E-state index in [9.17, 15) is 4.79 Å². The summed E-state index contributed by atoms with van der Waals surface area (Å²) >= 11 is 1.42. The summed E-state index contributed by atoms with van der Waals surface area (Å²) in [5.74, 6) is -0.493. The highest BCUT2D eigenvalue weighted by Gasteiger charge is 2.12. The van der Waals surface area contributed by atoms with E-state index in [-0.39, 0.29) is 6.42 Å². The summed E-state index contributed by atoms with van der Waals surface area (Å²) in [7, 11) is 0. The molecule has 4 nitrogen and oxygen atoms in total. The molecule has 1 rings (SSSR count). The summed E-state index contributed by atoms with van der Waals surface area (Å²) in [6.45, 7) is 0. The molecule has 0 unspecified atom stereocenters. The van der Waals surface area contributed by atoms with Crippen LogP contribution in [0.5, 0.6) is 0 Å². The van der Waals surface area contributed by atoms with Gasteiger partial charge in [-0.3, -0.25) is 4.79 Å². The van der Waals surface area contributed by atoms with Crippen LogP contribution in [0, 0.1) is 22.9 Å². The third-order valence-electron chi connectivity index (χ3n) is 1.35. The van der Waals surface area contributed by atoms with Crippen LogP contribution in [0.15, 0.2) is 17.5 Å². The van der Waals surface area contributed by atoms with Crippen LogP contribution in [0.2, 0.25) is 0 Å². The van der Waals surface area contributed by atoms with Gasteiger partial charge in [0.15, 0.2) is 0 Å². The Balaban J connectivity index is 2.63. The molecule has 1 heterocycles. The van der Waals surface area contributed by atoms with Crippen LogP contribution < -0.4 is 0 Å². The highest BCUT2D eigenvalue weighted by Crippen LogP contribution is 2.09. The van der Waals surface area contributed by atoms with Crippen molar-refractivity contribution in [3.8, 4) is 12.4 Å². The molecule has 0 aliphatic heterocycles. The Morgan fingerprint density at radius 2 is 2.23 bits per heavy atom. The van der Waals surface area contributed by atoms with Crippen molar-refractivity contribution in [2.45, 2.75) is 6.42 Å². The zero-order valence-electron chi connectivity index (χ0n) is 6.60. The number of hydrogen-bond donors (Lipinski definition) is 0. The lowest BCUT2D eigenvalue weighted by Crippen LogP contribution is -2.22. The van der Waals surface area contributed by atoms with E-state index in [4.69, 9.17) is 10.5 Å². The van der Waals surface area contributed by atoms with E-state index >= 15 is 0 Å². The van der Waals surface area contributed by atoms with Crippen molar-refractivity contribution in [3.63, 3.8) is 0 Å². The van der Waals surface area contributed by atoms with Crippen LogP contribution in [-0.2, 0) is 11.2 Å². The van der Waals surface area contributed by atoms with Crippen LogP contribution in [0.3, 0.4) is 0 Å². The molecule has 1 aromatic rings. The van der Waals surface area contributed by atoms with Gasteiger partial charge in [0.05, 0.1) is 6.42 Å². The maximum atomic E-state index is 11.2. The van der Waals surface area contributed by atoms with Crippen LogP contribution in [0.4, 0.5) is 0 Å². The zero-order valence-corrected chi connectivity index (χ0v) is 7.41. The summed E-state index contributed by atoms with van der Waals surface area (Å²) in [6.07, 6.45) is 3.09. The van der Waals surface area contributed by atoms with Gasteiger partial charge in [-0.2, -0.15) is 10.5 Å². The Hall–Kier alpha value is -1.85. The number of rotatable bonds is 2. The topological polar surface area (TPSA) is 67.9 Å². The largest absolute Gasteiger partial charge is 0.272 e. The number of carbonyl (C=O) groups is 1. The van der Waals surface area contributed by atoms with Gasteiger partial charge >= 0.3 is 0 Å². The van der Waals surface area contributed by atoms with Crippen molar-refractivity contribution in [2.75, 3.05) is 0 Å². The first-order chi connectivity index (χ1) is 6.27. The molecule has 0 atom stereocenters. The second kappa shape index (κ2) is 4.24. The van der Waals surface area contributed by atoms with Gasteiger partial charge in [-0.05, 0) is 11.4 Å². The first-order valence-electron chi connectivity index (χ1n) is 3.42. The molecule has 0 aliphatic rings. The fourth-order valence-electron chi connectivity index (χ4n) is 0.775. The van der Waals surface area contributed by atoms with Crippen LogP contribution >= 0.6 is 11.3 Å². The average Bonchev–Trinajstić information content (AvgIpc) is 2.59. The normalized spacial score (nSPS) is 8.46. The monoisotopic (exact) mass is 191 g/mol. The Morgan fingerprint density at radius 1 is 1.54 bits per heavy atom. The van der Waals surface area contributed by atoms with E-state index in [0.29, 0.717) is 4.90 Å². The molecule has 64 valence electrons. The van der Waals surface area contributed by atoms with Gasteiger partial charge in [-0.25, -0.2) is 0 Å². The molecule has 0 aliphatic carbocycles. The average molecular weight is 191 g/mol. The van der Waals surface area contributed by atoms with E-state index in [1.807, 2.05) is 11.4 Å². The molecule has 0 aromatic carbocycles. The van der Waals surface area contributed by atoms with Crippen molar-refractivity contribution in [2.24, 2.45) is 0 Å². The molecule has 13 heavy (non-hydrogen) atoms. The molecular formula is C8H5N3OS. The van der Waals surface area contributed by atoms with Crippen molar-refractivity contribution in [3.05, 3.63) is 22.4 Å². The third-order valence-corrected chi connectivity index (χ3v) is 2.23. The minimum Gasteiger partial charge on any atom is -0.272 e. The number of nitrogens with zero attached hydrogens (tertiary/aromatic N) is 3. The van der Waals surface area contributed by atoms with Gasteiger partial charge in [0.1, 0.15) is 0 Å². The predicted molar refractivity (Wildman–Crippen MR) is 46.1 cm³/mol. The summed E-state index contributed by atoms with van der Waals surface area (Å²) in [5, 5.41) is 18.6. The van der Waals surface area contributed by atoms with Crippen molar-refractivity contribution < 1.29 is 4.79 Å². The number of carbonyl (C=O) groups excluding carboxylic acids is 1. The summed E-state index contributed by atoms with van der Waals surface area (Å²) in [4.78, 5) is 12.5. The van der Waals surface area contributed by atoms with Gasteiger partial charge in [0.25, 0.3) is 5.91 Å². The predicted octanol–water partition coefficient (Wildman–Crippen LogP) is 1.08. The van der Waals surface area contributed by atoms with Crippen molar-refractivity contribution in [1.29, 1.82) is 10.5 Å². The number of hydrogen-bond acceptors (Lipinski definition) is 4. The molecule has 0 spiro atoms. The van der Waals surface area contributed by atoms with E-state index in [2.05, 4.69) is 0 Å². The molecule has 0 N–H and O–H groups in total. The fraction of sp³-hybridized carbons (Fsp3) is 0.125. The Morgan fingerprint density at radius 3 is 2.69 bits per heavy atom. The fourth-order valence-corrected chi connectivity index (χ4v) is 1.47. The second-order valence-electron chi connectivity index (χ2n) is 2.19. The minimum atomic E-state index is -0.493. The van der Waals surface area contributed by atoms with Gasteiger partial charge in [-0.15, -0.1) is 16.2 Å². The van der Waals surface area contributed by atoms with E-state index in [1.54, 1.807) is 6.07 Å². The Labute approximate surface area is 79.2 Å². The maximum Gasteiger partial charge on any atom is 0.254 e. The minimum absolute atomic E-state index is 0.110. The van der Waals surface area contributed by atoms with Crippen LogP contribution in [-0.4, -0.2) is 10.8 Å². The number of nitriles is 2. The number of thiophene rings is 1. The molecular weight excluding hydrogens is 186 g/mol. The Kier molecular flexibility index (Phi) is 3.02. The third kappa shape index (κ3) is 2.29. The van der Waals surface area contributed by atoms with Gasteiger partial charge < -0.3 is 0 Å². The van der Waals surface area contributed by atoms with Gasteiger partial charge in [-0.1, -0.05) is 6.07 Å². The Bertz CT molecular complexity index is 357. The quantitative estimate of drug-likeness (QED) is 0.519. The highest BCUT2D eigenvalue weighted by atomic mass is 32.1. The van der Waals surface area contributed by atoms with Gasteiger partial charge in [0, 0.05) is 4.88 Å². The molecule has 1 amide bonds. The standard InChI is InChI=1S/C8H5N3OS/c9-5-11(6-10)8(12)4-7-2-1-3-13-7/h1-3H,4H2. The lowest BCUT2D eigenvalue weighted by atomic mass is 10.3. The summed E-state index contributed by atoms with van der Waals surface area (Å²) < 4.78 is 0. The smallest absolute Gasteiger partial charge is 0.254 e. The first-order valence-corrected chi connectivity index (χ1v) is 4.30. The molecule has 0 bridgehead atoms. The maximum absolute atomic E-state index is 11.2. The molecule has 0 saturated heterocycles. The van der Waals surface area contributed by atoms with Gasteiger partial charge in [0.2, 0.25) is 12.4 Å². The molecule has 5 heteroatoms. The second-order valence-corrected chi connectivity index (χ2v) is 3.22. The summed E-state index contributed by atoms with van der Waals surface area (Å²) in [5.41, 5.74) is 0. The van der Waals surface area contributed by atoms with Crippen LogP contribution in [0.25, 0.3) is 0 Å². The van der Waals surface area contributed by atoms with Crippen molar-refractivity contribution in [1.82, 2.24) is 4.90 Å². The van der Waals surface area contributed by atoms with Crippen LogP contribution in [0.1, 0.15) is 4.88 Å². The lowest BCUT2D eigenvalue weighted by Gasteiger charge is -2.00. The lowest BCUT2D eigenvalue weighted by molar-refractivity contribution is -0.125. The van der Waals surface area contributed by atoms with E-state index < -0.39 is 5.91 Å². The van der Waals surface area contributed by atoms with Crippen molar-refractivity contribution >= 4 is 17.2 Å². The molecule has 1 aromatic heterocycles. The SMILES string of the molecule is N#CN(C#N)C(=O)Cc1cccs1. The zero-order chi connectivity index (χ0) is 9.68. The highest BCUT2D eigenvalue weighted by molar-refractivity contribution is 7.10. The summed E-state index contributed by atoms with van der Waals surface area (Å²) in [6, 6.07) is 3.60. The first kappa shape index (κ1) is 9.24. The van der Waals surface area contributed by atoms with E-state index in [0.717, 1.165) is 4.88 Å². The molecule has 0 saturated carbocycles.